The van der Waals surface area contributed by atoms with Crippen LogP contribution in [0.1, 0.15) is 31.9 Å². The predicted octanol–water partition coefficient (Wildman–Crippen LogP) is 2.40. The van der Waals surface area contributed by atoms with Crippen molar-refractivity contribution in [1.82, 2.24) is 5.32 Å². The summed E-state index contributed by atoms with van der Waals surface area (Å²) in [6, 6.07) is 5.77. The summed E-state index contributed by atoms with van der Waals surface area (Å²) in [5, 5.41) is 2.68. The van der Waals surface area contributed by atoms with E-state index in [9.17, 15) is 4.79 Å². The molecule has 1 aromatic rings. The van der Waals surface area contributed by atoms with Crippen molar-refractivity contribution in [2.75, 3.05) is 13.7 Å². The molecule has 21 heavy (non-hydrogen) atoms. The van der Waals surface area contributed by atoms with E-state index in [-0.39, 0.29) is 6.04 Å². The molecule has 0 heterocycles. The van der Waals surface area contributed by atoms with E-state index in [1.165, 1.54) is 0 Å². The van der Waals surface area contributed by atoms with E-state index in [1.807, 2.05) is 45.9 Å². The molecule has 0 aliphatic carbocycles. The molecular formula is C16H26N2O3. The van der Waals surface area contributed by atoms with E-state index in [0.29, 0.717) is 13.0 Å². The van der Waals surface area contributed by atoms with Gasteiger partial charge in [-0.2, -0.15) is 0 Å². The first-order valence-corrected chi connectivity index (χ1v) is 7.07. The topological polar surface area (TPSA) is 73.6 Å². The molecule has 3 N–H and O–H groups in total. The Morgan fingerprint density at radius 3 is 2.62 bits per heavy atom. The zero-order chi connectivity index (χ0) is 16.0. The third kappa shape index (κ3) is 6.49. The van der Waals surface area contributed by atoms with Gasteiger partial charge in [0.25, 0.3) is 0 Å². The van der Waals surface area contributed by atoms with Gasteiger partial charge in [-0.1, -0.05) is 17.7 Å². The number of nitrogens with two attached hydrogens (primary N) is 1. The Morgan fingerprint density at radius 1 is 1.38 bits per heavy atom. The van der Waals surface area contributed by atoms with E-state index in [2.05, 4.69) is 5.32 Å². The second-order valence-corrected chi connectivity index (χ2v) is 6.16. The van der Waals surface area contributed by atoms with Crippen LogP contribution < -0.4 is 15.8 Å². The Balaban J connectivity index is 2.52. The Morgan fingerprint density at radius 2 is 2.05 bits per heavy atom. The van der Waals surface area contributed by atoms with E-state index >= 15 is 0 Å². The number of carbonyl (C=O) groups excluding carboxylic acids is 1. The third-order valence-electron chi connectivity index (χ3n) is 2.83. The molecule has 5 heteroatoms. The van der Waals surface area contributed by atoms with Gasteiger partial charge in [0, 0.05) is 12.6 Å². The first-order chi connectivity index (χ1) is 9.71. The number of hydrogen-bond donors (Lipinski definition) is 2. The fourth-order valence-electron chi connectivity index (χ4n) is 1.95. The van der Waals surface area contributed by atoms with Gasteiger partial charge in [-0.25, -0.2) is 4.79 Å². The Hall–Kier alpha value is -1.75. The first kappa shape index (κ1) is 17.3. The van der Waals surface area contributed by atoms with Gasteiger partial charge in [-0.15, -0.1) is 0 Å². The van der Waals surface area contributed by atoms with E-state index in [0.717, 1.165) is 16.9 Å². The number of aryl methyl sites for hydroxylation is 1. The highest BCUT2D eigenvalue weighted by Crippen LogP contribution is 2.20. The second kappa shape index (κ2) is 7.31. The van der Waals surface area contributed by atoms with Crippen LogP contribution in [0.2, 0.25) is 0 Å². The van der Waals surface area contributed by atoms with Gasteiger partial charge < -0.3 is 20.5 Å². The Kier molecular flexibility index (Phi) is 6.03. The fraction of sp³-hybridized carbons (Fsp3) is 0.562. The molecule has 0 spiro atoms. The van der Waals surface area contributed by atoms with Gasteiger partial charge in [-0.05, 0) is 45.7 Å². The van der Waals surface area contributed by atoms with Crippen LogP contribution in [0.25, 0.3) is 0 Å². The number of hydrogen-bond acceptors (Lipinski definition) is 4. The van der Waals surface area contributed by atoms with Crippen molar-refractivity contribution in [3.8, 4) is 5.75 Å². The maximum absolute atomic E-state index is 11.6. The largest absolute Gasteiger partial charge is 0.496 e. The molecule has 1 amide bonds. The first-order valence-electron chi connectivity index (χ1n) is 7.07. The number of amides is 1. The monoisotopic (exact) mass is 294 g/mol. The summed E-state index contributed by atoms with van der Waals surface area (Å²) >= 11 is 0. The third-order valence-corrected chi connectivity index (χ3v) is 2.83. The normalized spacial score (nSPS) is 12.7. The number of alkyl carbamates (subject to hydrolysis) is 1. The lowest BCUT2D eigenvalue weighted by molar-refractivity contribution is 0.0524. The van der Waals surface area contributed by atoms with Gasteiger partial charge in [0.1, 0.15) is 11.4 Å². The smallest absolute Gasteiger partial charge is 0.407 e. The number of methoxy groups -OCH3 is 1. The van der Waals surface area contributed by atoms with Crippen LogP contribution in [0.4, 0.5) is 4.79 Å². The van der Waals surface area contributed by atoms with Gasteiger partial charge in [0.05, 0.1) is 7.11 Å². The molecule has 5 nitrogen and oxygen atoms in total. The number of nitrogens with one attached hydrogen (secondary N) is 1. The minimum absolute atomic E-state index is 0.201. The quantitative estimate of drug-likeness (QED) is 0.874. The lowest BCUT2D eigenvalue weighted by Gasteiger charge is -2.21. The minimum atomic E-state index is -0.506. The molecule has 0 bridgehead atoms. The number of ether oxygens (including phenoxy) is 2. The van der Waals surface area contributed by atoms with Crippen molar-refractivity contribution in [3.05, 3.63) is 29.3 Å². The summed E-state index contributed by atoms with van der Waals surface area (Å²) in [4.78, 5) is 11.6. The fourth-order valence-corrected chi connectivity index (χ4v) is 1.95. The average molecular weight is 294 g/mol. The van der Waals surface area contributed by atoms with Crippen LogP contribution in [0, 0.1) is 6.92 Å². The second-order valence-electron chi connectivity index (χ2n) is 6.16. The summed E-state index contributed by atoms with van der Waals surface area (Å²) in [7, 11) is 1.64. The van der Waals surface area contributed by atoms with E-state index in [1.54, 1.807) is 7.11 Å². The zero-order valence-corrected chi connectivity index (χ0v) is 13.5. The standard InChI is InChI=1S/C16H26N2O3/c1-11-6-7-14(20-5)12(8-11)9-13(17)10-18-15(19)21-16(2,3)4/h6-8,13H,9-10,17H2,1-5H3,(H,18,19). The number of carbonyl (C=O) groups is 1. The number of rotatable bonds is 5. The molecule has 0 aromatic heterocycles. The van der Waals surface area contributed by atoms with Gasteiger partial charge >= 0.3 is 6.09 Å². The SMILES string of the molecule is COc1ccc(C)cc1CC(N)CNC(=O)OC(C)(C)C. The lowest BCUT2D eigenvalue weighted by atomic mass is 10.0. The molecule has 1 rings (SSSR count). The van der Waals surface area contributed by atoms with Gasteiger partial charge in [0.15, 0.2) is 0 Å². The molecule has 1 atom stereocenters. The highest BCUT2D eigenvalue weighted by atomic mass is 16.6. The summed E-state index contributed by atoms with van der Waals surface area (Å²) in [6.07, 6.45) is 0.176. The maximum Gasteiger partial charge on any atom is 0.407 e. The molecule has 0 aliphatic heterocycles. The summed E-state index contributed by atoms with van der Waals surface area (Å²) in [5.74, 6) is 0.813. The van der Waals surface area contributed by atoms with Crippen molar-refractivity contribution >= 4 is 6.09 Å². The molecule has 1 aromatic carbocycles. The highest BCUT2D eigenvalue weighted by molar-refractivity contribution is 5.67. The molecule has 1 unspecified atom stereocenters. The van der Waals surface area contributed by atoms with Crippen LogP contribution in [-0.4, -0.2) is 31.4 Å². The molecule has 0 aliphatic rings. The number of benzene rings is 1. The van der Waals surface area contributed by atoms with Crippen LogP contribution >= 0.6 is 0 Å². The van der Waals surface area contributed by atoms with Crippen LogP contribution in [-0.2, 0) is 11.2 Å². The Labute approximate surface area is 126 Å². The summed E-state index contributed by atoms with van der Waals surface area (Å²) in [5.41, 5.74) is 7.75. The van der Waals surface area contributed by atoms with Crippen molar-refractivity contribution in [3.63, 3.8) is 0 Å². The predicted molar refractivity (Wildman–Crippen MR) is 83.6 cm³/mol. The Bertz CT molecular complexity index is 481. The molecule has 0 saturated heterocycles. The van der Waals surface area contributed by atoms with Crippen molar-refractivity contribution in [2.45, 2.75) is 45.8 Å². The van der Waals surface area contributed by atoms with Crippen molar-refractivity contribution in [2.24, 2.45) is 5.73 Å². The van der Waals surface area contributed by atoms with Crippen molar-refractivity contribution in [1.29, 1.82) is 0 Å². The maximum atomic E-state index is 11.6. The zero-order valence-electron chi connectivity index (χ0n) is 13.5. The molecule has 118 valence electrons. The highest BCUT2D eigenvalue weighted by Gasteiger charge is 2.17. The summed E-state index contributed by atoms with van der Waals surface area (Å²) < 4.78 is 10.5. The van der Waals surface area contributed by atoms with Gasteiger partial charge in [-0.3, -0.25) is 0 Å². The van der Waals surface area contributed by atoms with E-state index in [4.69, 9.17) is 15.2 Å². The lowest BCUT2D eigenvalue weighted by Crippen LogP contribution is -2.41. The summed E-state index contributed by atoms with van der Waals surface area (Å²) in [6.45, 7) is 7.85. The molecule has 0 fully saturated rings. The minimum Gasteiger partial charge on any atom is -0.496 e. The van der Waals surface area contributed by atoms with Crippen molar-refractivity contribution < 1.29 is 14.3 Å². The molecule has 0 radical (unpaired) electrons. The van der Waals surface area contributed by atoms with E-state index < -0.39 is 11.7 Å². The molecule has 0 saturated carbocycles. The average Bonchev–Trinajstić information content (AvgIpc) is 2.35. The molecular weight excluding hydrogens is 268 g/mol. The van der Waals surface area contributed by atoms with Crippen LogP contribution in [0.5, 0.6) is 5.75 Å². The van der Waals surface area contributed by atoms with Crippen LogP contribution in [0.3, 0.4) is 0 Å². The van der Waals surface area contributed by atoms with Gasteiger partial charge in [0.2, 0.25) is 0 Å². The van der Waals surface area contributed by atoms with Crippen LogP contribution in [0.15, 0.2) is 18.2 Å².